The van der Waals surface area contributed by atoms with Crippen molar-refractivity contribution in [3.05, 3.63) is 30.1 Å². The average Bonchev–Trinajstić information content (AvgIpc) is 2.37. The maximum absolute atomic E-state index is 11.4. The van der Waals surface area contributed by atoms with Gasteiger partial charge in [0.1, 0.15) is 6.61 Å². The number of hydrogen-bond acceptors (Lipinski definition) is 3. The molecule has 0 bridgehead atoms. The van der Waals surface area contributed by atoms with Crippen LogP contribution in [0.3, 0.4) is 0 Å². The van der Waals surface area contributed by atoms with Gasteiger partial charge in [-0.2, -0.15) is 0 Å². The van der Waals surface area contributed by atoms with Crippen LogP contribution in [-0.2, 0) is 16.1 Å². The van der Waals surface area contributed by atoms with Gasteiger partial charge in [0.15, 0.2) is 0 Å². The maximum Gasteiger partial charge on any atom is 0.306 e. The number of nitrogens with zero attached hydrogens (tertiary/aromatic N) is 1. The zero-order valence-electron chi connectivity index (χ0n) is 10.5. The molecule has 0 N–H and O–H groups in total. The fourth-order valence-corrected chi connectivity index (χ4v) is 1.59. The van der Waals surface area contributed by atoms with Gasteiger partial charge in [0, 0.05) is 24.4 Å². The van der Waals surface area contributed by atoms with E-state index < -0.39 is 0 Å². The second-order valence-corrected chi connectivity index (χ2v) is 4.19. The lowest BCUT2D eigenvalue weighted by Crippen LogP contribution is -2.04. The normalized spacial score (nSPS) is 10.2. The van der Waals surface area contributed by atoms with Gasteiger partial charge in [-0.15, -0.1) is 0 Å². The first-order chi connectivity index (χ1) is 8.33. The monoisotopic (exact) mass is 235 g/mol. The van der Waals surface area contributed by atoms with Gasteiger partial charge in [-0.05, 0) is 12.5 Å². The molecule has 0 saturated heterocycles. The molecule has 1 rings (SSSR count). The summed E-state index contributed by atoms with van der Waals surface area (Å²) in [5.74, 6) is -0.106. The molecule has 3 heteroatoms. The summed E-state index contributed by atoms with van der Waals surface area (Å²) >= 11 is 0. The van der Waals surface area contributed by atoms with Crippen LogP contribution >= 0.6 is 0 Å². The first-order valence-electron chi connectivity index (χ1n) is 6.37. The minimum Gasteiger partial charge on any atom is -0.461 e. The molecule has 0 fully saturated rings. The van der Waals surface area contributed by atoms with Crippen molar-refractivity contribution < 1.29 is 9.53 Å². The molecule has 0 aliphatic rings. The Morgan fingerprint density at radius 3 is 2.82 bits per heavy atom. The van der Waals surface area contributed by atoms with Gasteiger partial charge in [0.2, 0.25) is 0 Å². The Bertz CT molecular complexity index is 311. The highest BCUT2D eigenvalue weighted by Gasteiger charge is 2.02. The van der Waals surface area contributed by atoms with Gasteiger partial charge in [-0.3, -0.25) is 9.78 Å². The van der Waals surface area contributed by atoms with Crippen LogP contribution in [0.1, 0.15) is 51.0 Å². The van der Waals surface area contributed by atoms with Crippen molar-refractivity contribution in [1.82, 2.24) is 4.98 Å². The van der Waals surface area contributed by atoms with E-state index in [1.165, 1.54) is 19.3 Å². The Labute approximate surface area is 103 Å². The number of aromatic nitrogens is 1. The molecule has 0 unspecified atom stereocenters. The van der Waals surface area contributed by atoms with Crippen LogP contribution < -0.4 is 0 Å². The summed E-state index contributed by atoms with van der Waals surface area (Å²) in [7, 11) is 0. The number of ether oxygens (including phenoxy) is 1. The van der Waals surface area contributed by atoms with Crippen LogP contribution in [0, 0.1) is 0 Å². The van der Waals surface area contributed by atoms with Crippen LogP contribution in [0.5, 0.6) is 0 Å². The van der Waals surface area contributed by atoms with Crippen LogP contribution in [0.2, 0.25) is 0 Å². The van der Waals surface area contributed by atoms with Gasteiger partial charge in [0.05, 0.1) is 0 Å². The molecular weight excluding hydrogens is 214 g/mol. The van der Waals surface area contributed by atoms with Crippen molar-refractivity contribution in [2.24, 2.45) is 0 Å². The molecular formula is C14H21NO2. The third kappa shape index (κ3) is 6.72. The van der Waals surface area contributed by atoms with E-state index in [0.717, 1.165) is 18.4 Å². The molecule has 0 atom stereocenters. The number of pyridine rings is 1. The number of carbonyl (C=O) groups is 1. The molecule has 0 aliphatic carbocycles. The van der Waals surface area contributed by atoms with Crippen LogP contribution in [0.25, 0.3) is 0 Å². The van der Waals surface area contributed by atoms with E-state index in [1.54, 1.807) is 12.4 Å². The van der Waals surface area contributed by atoms with E-state index in [-0.39, 0.29) is 5.97 Å². The summed E-state index contributed by atoms with van der Waals surface area (Å²) in [4.78, 5) is 15.4. The second-order valence-electron chi connectivity index (χ2n) is 4.19. The number of hydrogen-bond donors (Lipinski definition) is 0. The Kier molecular flexibility index (Phi) is 7.03. The number of esters is 1. The number of rotatable bonds is 8. The molecule has 3 nitrogen and oxygen atoms in total. The molecule has 0 saturated carbocycles. The lowest BCUT2D eigenvalue weighted by molar-refractivity contribution is -0.145. The summed E-state index contributed by atoms with van der Waals surface area (Å²) in [6, 6.07) is 3.75. The topological polar surface area (TPSA) is 39.2 Å². The molecule has 0 aromatic carbocycles. The second kappa shape index (κ2) is 8.74. The molecule has 0 aliphatic heterocycles. The zero-order valence-corrected chi connectivity index (χ0v) is 10.5. The van der Waals surface area contributed by atoms with Crippen LogP contribution in [0.4, 0.5) is 0 Å². The van der Waals surface area contributed by atoms with Crippen LogP contribution in [-0.4, -0.2) is 11.0 Å². The minimum atomic E-state index is -0.106. The number of unbranched alkanes of at least 4 members (excludes halogenated alkanes) is 4. The van der Waals surface area contributed by atoms with E-state index >= 15 is 0 Å². The molecule has 0 spiro atoms. The number of carbonyl (C=O) groups excluding carboxylic acids is 1. The highest BCUT2D eigenvalue weighted by molar-refractivity contribution is 5.69. The van der Waals surface area contributed by atoms with Gasteiger partial charge >= 0.3 is 5.97 Å². The van der Waals surface area contributed by atoms with Gasteiger partial charge in [0.25, 0.3) is 0 Å². The highest BCUT2D eigenvalue weighted by atomic mass is 16.5. The van der Waals surface area contributed by atoms with Crippen molar-refractivity contribution in [2.75, 3.05) is 0 Å². The van der Waals surface area contributed by atoms with E-state index in [4.69, 9.17) is 4.74 Å². The summed E-state index contributed by atoms with van der Waals surface area (Å²) in [5, 5.41) is 0. The molecule has 1 heterocycles. The van der Waals surface area contributed by atoms with Crippen molar-refractivity contribution in [2.45, 2.75) is 52.1 Å². The highest BCUT2D eigenvalue weighted by Crippen LogP contribution is 2.07. The van der Waals surface area contributed by atoms with Gasteiger partial charge in [-0.1, -0.05) is 38.7 Å². The zero-order chi connectivity index (χ0) is 12.3. The van der Waals surface area contributed by atoms with Gasteiger partial charge < -0.3 is 4.74 Å². The van der Waals surface area contributed by atoms with Crippen molar-refractivity contribution >= 4 is 5.97 Å². The summed E-state index contributed by atoms with van der Waals surface area (Å²) in [6.07, 6.45) is 9.71. The lowest BCUT2D eigenvalue weighted by Gasteiger charge is -2.04. The first-order valence-corrected chi connectivity index (χ1v) is 6.37. The van der Waals surface area contributed by atoms with Crippen molar-refractivity contribution in [3.63, 3.8) is 0 Å². The molecule has 1 aromatic heterocycles. The van der Waals surface area contributed by atoms with E-state index in [1.807, 2.05) is 12.1 Å². The lowest BCUT2D eigenvalue weighted by atomic mass is 10.1. The standard InChI is InChI=1S/C14H21NO2/c1-2-3-4-5-6-9-14(16)17-12-13-8-7-10-15-11-13/h7-8,10-11H,2-6,9,12H2,1H3. The van der Waals surface area contributed by atoms with Crippen molar-refractivity contribution in [3.8, 4) is 0 Å². The average molecular weight is 235 g/mol. The fraction of sp³-hybridized carbons (Fsp3) is 0.571. The fourth-order valence-electron chi connectivity index (χ4n) is 1.59. The SMILES string of the molecule is CCCCCCCC(=O)OCc1cccnc1. The third-order valence-electron chi connectivity index (χ3n) is 2.61. The van der Waals surface area contributed by atoms with E-state index in [9.17, 15) is 4.79 Å². The van der Waals surface area contributed by atoms with Gasteiger partial charge in [-0.25, -0.2) is 0 Å². The molecule has 1 aromatic rings. The Balaban J connectivity index is 2.05. The molecule has 0 radical (unpaired) electrons. The summed E-state index contributed by atoms with van der Waals surface area (Å²) < 4.78 is 5.16. The Hall–Kier alpha value is -1.38. The van der Waals surface area contributed by atoms with E-state index in [2.05, 4.69) is 11.9 Å². The van der Waals surface area contributed by atoms with Crippen LogP contribution in [0.15, 0.2) is 24.5 Å². The molecule has 94 valence electrons. The summed E-state index contributed by atoms with van der Waals surface area (Å²) in [6.45, 7) is 2.52. The molecule has 0 amide bonds. The minimum absolute atomic E-state index is 0.106. The smallest absolute Gasteiger partial charge is 0.306 e. The first kappa shape index (κ1) is 13.7. The molecule has 17 heavy (non-hydrogen) atoms. The predicted octanol–water partition coefficient (Wildman–Crippen LogP) is 3.49. The predicted molar refractivity (Wildman–Crippen MR) is 67.4 cm³/mol. The largest absolute Gasteiger partial charge is 0.461 e. The quantitative estimate of drug-likeness (QED) is 0.511. The Morgan fingerprint density at radius 1 is 1.29 bits per heavy atom. The third-order valence-corrected chi connectivity index (χ3v) is 2.61. The maximum atomic E-state index is 11.4. The van der Waals surface area contributed by atoms with Crippen molar-refractivity contribution in [1.29, 1.82) is 0 Å². The van der Waals surface area contributed by atoms with E-state index in [0.29, 0.717) is 13.0 Å². The Morgan fingerprint density at radius 2 is 2.12 bits per heavy atom. The summed E-state index contributed by atoms with van der Waals surface area (Å²) in [5.41, 5.74) is 0.937.